The molecule has 0 N–H and O–H groups in total. The topological polar surface area (TPSA) is 35.5 Å². The summed E-state index contributed by atoms with van der Waals surface area (Å²) in [6.07, 6.45) is 0.568. The maximum atomic E-state index is 11.1. The summed E-state index contributed by atoms with van der Waals surface area (Å²) in [6, 6.07) is 4.02. The second-order valence-electron chi connectivity index (χ2n) is 4.74. The van der Waals surface area contributed by atoms with E-state index < -0.39 is 0 Å². The zero-order valence-electron chi connectivity index (χ0n) is 11.9. The molecule has 0 aliphatic heterocycles. The van der Waals surface area contributed by atoms with Crippen molar-refractivity contribution < 1.29 is 14.3 Å². The maximum absolute atomic E-state index is 11.1. The van der Waals surface area contributed by atoms with Crippen molar-refractivity contribution in [3.05, 3.63) is 28.8 Å². The van der Waals surface area contributed by atoms with Crippen molar-refractivity contribution in [2.24, 2.45) is 0 Å². The lowest BCUT2D eigenvalue weighted by molar-refractivity contribution is -0.144. The van der Waals surface area contributed by atoms with Gasteiger partial charge in [0.25, 0.3) is 0 Å². The molecule has 0 fully saturated rings. The fraction of sp³-hybridized carbons (Fsp3) is 0.533. The van der Waals surface area contributed by atoms with Crippen molar-refractivity contribution in [1.29, 1.82) is 0 Å². The summed E-state index contributed by atoms with van der Waals surface area (Å²) in [5, 5.41) is 0. The van der Waals surface area contributed by atoms with Gasteiger partial charge >= 0.3 is 5.97 Å². The lowest BCUT2D eigenvalue weighted by Gasteiger charge is -2.16. The number of carbonyl (C=O) groups excluding carboxylic acids is 1. The second kappa shape index (κ2) is 6.43. The number of aryl methyl sites for hydroxylation is 2. The summed E-state index contributed by atoms with van der Waals surface area (Å²) in [7, 11) is 0. The molecule has 0 amide bonds. The van der Waals surface area contributed by atoms with Crippen LogP contribution in [0.1, 0.15) is 43.9 Å². The third-order valence-electron chi connectivity index (χ3n) is 2.56. The van der Waals surface area contributed by atoms with Crippen LogP contribution >= 0.6 is 0 Å². The summed E-state index contributed by atoms with van der Waals surface area (Å²) in [4.78, 5) is 11.1. The number of rotatable bonds is 5. The average Bonchev–Trinajstić information content (AvgIpc) is 2.30. The second-order valence-corrected chi connectivity index (χ2v) is 4.74. The number of esters is 1. The molecule has 3 nitrogen and oxygen atoms in total. The molecule has 3 heteroatoms. The van der Waals surface area contributed by atoms with Crippen LogP contribution in [0.4, 0.5) is 0 Å². The van der Waals surface area contributed by atoms with Gasteiger partial charge in [0.05, 0.1) is 6.10 Å². The zero-order valence-corrected chi connectivity index (χ0v) is 11.9. The first-order valence-electron chi connectivity index (χ1n) is 6.36. The SMILES string of the molecule is CCC(=O)OCc1cc(C)c(OC(C)C)c(C)c1. The van der Waals surface area contributed by atoms with E-state index in [0.29, 0.717) is 13.0 Å². The molecule has 1 rings (SSSR count). The molecule has 0 aromatic heterocycles. The average molecular weight is 250 g/mol. The fourth-order valence-corrected chi connectivity index (χ4v) is 1.81. The molecule has 0 saturated heterocycles. The van der Waals surface area contributed by atoms with Gasteiger partial charge in [-0.1, -0.05) is 6.92 Å². The summed E-state index contributed by atoms with van der Waals surface area (Å²) < 4.78 is 10.9. The van der Waals surface area contributed by atoms with E-state index >= 15 is 0 Å². The first-order chi connectivity index (χ1) is 8.43. The summed E-state index contributed by atoms with van der Waals surface area (Å²) >= 11 is 0. The Labute approximate surface area is 109 Å². The molecule has 100 valence electrons. The van der Waals surface area contributed by atoms with Crippen molar-refractivity contribution in [1.82, 2.24) is 0 Å². The van der Waals surface area contributed by atoms with Crippen LogP contribution in [-0.2, 0) is 16.1 Å². The first kappa shape index (κ1) is 14.6. The van der Waals surface area contributed by atoms with E-state index in [1.54, 1.807) is 6.92 Å². The fourth-order valence-electron chi connectivity index (χ4n) is 1.81. The molecule has 0 aliphatic rings. The Bertz CT molecular complexity index is 399. The number of benzene rings is 1. The molecule has 0 bridgehead atoms. The van der Waals surface area contributed by atoms with E-state index in [1.807, 2.05) is 39.8 Å². The highest BCUT2D eigenvalue weighted by molar-refractivity contribution is 5.68. The van der Waals surface area contributed by atoms with E-state index in [9.17, 15) is 4.79 Å². The van der Waals surface area contributed by atoms with Crippen LogP contribution in [0.15, 0.2) is 12.1 Å². The van der Waals surface area contributed by atoms with Crippen LogP contribution in [0.3, 0.4) is 0 Å². The lowest BCUT2D eigenvalue weighted by Crippen LogP contribution is -2.09. The van der Waals surface area contributed by atoms with E-state index in [-0.39, 0.29) is 12.1 Å². The summed E-state index contributed by atoms with van der Waals surface area (Å²) in [5.41, 5.74) is 3.15. The van der Waals surface area contributed by atoms with Gasteiger partial charge in [0, 0.05) is 6.42 Å². The highest BCUT2D eigenvalue weighted by Gasteiger charge is 2.09. The van der Waals surface area contributed by atoms with Crippen LogP contribution in [0.25, 0.3) is 0 Å². The largest absolute Gasteiger partial charge is 0.490 e. The summed E-state index contributed by atoms with van der Waals surface area (Å²) in [6.45, 7) is 10.2. The lowest BCUT2D eigenvalue weighted by atomic mass is 10.1. The van der Waals surface area contributed by atoms with Crippen molar-refractivity contribution in [3.8, 4) is 5.75 Å². The number of carbonyl (C=O) groups is 1. The Kier molecular flexibility index (Phi) is 5.20. The molecule has 0 radical (unpaired) electrons. The third kappa shape index (κ3) is 4.06. The smallest absolute Gasteiger partial charge is 0.305 e. The van der Waals surface area contributed by atoms with E-state index in [2.05, 4.69) is 0 Å². The molecule has 0 saturated carbocycles. The quantitative estimate of drug-likeness (QED) is 0.750. The molecular weight excluding hydrogens is 228 g/mol. The number of hydrogen-bond acceptors (Lipinski definition) is 3. The highest BCUT2D eigenvalue weighted by atomic mass is 16.5. The van der Waals surface area contributed by atoms with Gasteiger partial charge in [-0.05, 0) is 56.5 Å². The van der Waals surface area contributed by atoms with Crippen LogP contribution in [0, 0.1) is 13.8 Å². The van der Waals surface area contributed by atoms with Gasteiger partial charge in [0.2, 0.25) is 0 Å². The van der Waals surface area contributed by atoms with E-state index in [1.165, 1.54) is 0 Å². The van der Waals surface area contributed by atoms with Gasteiger partial charge in [0.1, 0.15) is 12.4 Å². The van der Waals surface area contributed by atoms with Gasteiger partial charge in [0.15, 0.2) is 0 Å². The minimum Gasteiger partial charge on any atom is -0.490 e. The Hall–Kier alpha value is -1.51. The predicted octanol–water partition coefficient (Wildman–Crippen LogP) is 3.54. The molecule has 1 aromatic carbocycles. The number of ether oxygens (including phenoxy) is 2. The van der Waals surface area contributed by atoms with Gasteiger partial charge in [-0.15, -0.1) is 0 Å². The maximum Gasteiger partial charge on any atom is 0.305 e. The normalized spacial score (nSPS) is 10.6. The molecular formula is C15H22O3. The minimum absolute atomic E-state index is 0.158. The standard InChI is InChI=1S/C15H22O3/c1-6-14(16)17-9-13-7-11(4)15(12(5)8-13)18-10(2)3/h7-8,10H,6,9H2,1-5H3. The zero-order chi connectivity index (χ0) is 13.7. The molecule has 1 aromatic rings. The molecule has 0 atom stereocenters. The highest BCUT2D eigenvalue weighted by Crippen LogP contribution is 2.26. The van der Waals surface area contributed by atoms with Crippen molar-refractivity contribution >= 4 is 5.97 Å². The van der Waals surface area contributed by atoms with Crippen LogP contribution in [0.2, 0.25) is 0 Å². The number of hydrogen-bond donors (Lipinski definition) is 0. The van der Waals surface area contributed by atoms with E-state index in [0.717, 1.165) is 22.4 Å². The molecule has 0 unspecified atom stereocenters. The van der Waals surface area contributed by atoms with Crippen molar-refractivity contribution in [3.63, 3.8) is 0 Å². The van der Waals surface area contributed by atoms with E-state index in [4.69, 9.17) is 9.47 Å². The van der Waals surface area contributed by atoms with Crippen molar-refractivity contribution in [2.75, 3.05) is 0 Å². The molecule has 0 spiro atoms. The molecule has 0 heterocycles. The molecule has 0 aliphatic carbocycles. The Morgan fingerprint density at radius 2 is 1.78 bits per heavy atom. The monoisotopic (exact) mass is 250 g/mol. The van der Waals surface area contributed by atoms with Gasteiger partial charge in [-0.2, -0.15) is 0 Å². The Balaban J connectivity index is 2.82. The predicted molar refractivity (Wildman–Crippen MR) is 71.8 cm³/mol. The first-order valence-corrected chi connectivity index (χ1v) is 6.36. The van der Waals surface area contributed by atoms with Crippen LogP contribution < -0.4 is 4.74 Å². The Morgan fingerprint density at radius 3 is 2.22 bits per heavy atom. The molecule has 18 heavy (non-hydrogen) atoms. The Morgan fingerprint density at radius 1 is 1.22 bits per heavy atom. The van der Waals surface area contributed by atoms with Crippen molar-refractivity contribution in [2.45, 2.75) is 53.8 Å². The van der Waals surface area contributed by atoms with Crippen LogP contribution in [-0.4, -0.2) is 12.1 Å². The van der Waals surface area contributed by atoms with Gasteiger partial charge < -0.3 is 9.47 Å². The third-order valence-corrected chi connectivity index (χ3v) is 2.56. The van der Waals surface area contributed by atoms with Crippen LogP contribution in [0.5, 0.6) is 5.75 Å². The minimum atomic E-state index is -0.173. The van der Waals surface area contributed by atoms with Gasteiger partial charge in [-0.25, -0.2) is 0 Å². The summed E-state index contributed by atoms with van der Waals surface area (Å²) in [5.74, 6) is 0.753. The van der Waals surface area contributed by atoms with Gasteiger partial charge in [-0.3, -0.25) is 4.79 Å².